The summed E-state index contributed by atoms with van der Waals surface area (Å²) in [6, 6.07) is 4.41. The van der Waals surface area contributed by atoms with Crippen LogP contribution in [0.2, 0.25) is 0 Å². The standard InChI is InChI=1S/C13H12F3N3O/c1-17-6-10-7-18-8-12(19-10)20-11-4-2-9(3-5-11)13(14,15)16/h2-5,7-8,17H,6H2,1H3. The zero-order chi connectivity index (χ0) is 14.6. The van der Waals surface area contributed by atoms with Crippen LogP contribution in [0.25, 0.3) is 0 Å². The molecule has 0 fully saturated rings. The summed E-state index contributed by atoms with van der Waals surface area (Å²) in [5.74, 6) is 0.506. The van der Waals surface area contributed by atoms with Gasteiger partial charge in [0.25, 0.3) is 0 Å². The van der Waals surface area contributed by atoms with Gasteiger partial charge in [-0.3, -0.25) is 4.98 Å². The second-order valence-electron chi connectivity index (χ2n) is 4.00. The van der Waals surface area contributed by atoms with Gasteiger partial charge in [0.2, 0.25) is 5.88 Å². The van der Waals surface area contributed by atoms with Crippen molar-refractivity contribution in [1.29, 1.82) is 0 Å². The molecule has 0 saturated carbocycles. The Labute approximate surface area is 113 Å². The molecule has 0 aliphatic rings. The highest BCUT2D eigenvalue weighted by atomic mass is 19.4. The number of rotatable bonds is 4. The minimum absolute atomic E-state index is 0.234. The van der Waals surface area contributed by atoms with E-state index in [0.717, 1.165) is 12.1 Å². The van der Waals surface area contributed by atoms with Gasteiger partial charge in [-0.2, -0.15) is 13.2 Å². The van der Waals surface area contributed by atoms with Crippen LogP contribution in [-0.2, 0) is 12.7 Å². The van der Waals surface area contributed by atoms with Crippen molar-refractivity contribution in [2.45, 2.75) is 12.7 Å². The molecule has 7 heteroatoms. The third kappa shape index (κ3) is 3.67. The average Bonchev–Trinajstić information content (AvgIpc) is 2.39. The molecule has 2 aromatic rings. The maximum Gasteiger partial charge on any atom is 0.416 e. The fraction of sp³-hybridized carbons (Fsp3) is 0.231. The highest BCUT2D eigenvalue weighted by molar-refractivity contribution is 5.31. The van der Waals surface area contributed by atoms with Crippen molar-refractivity contribution in [3.8, 4) is 11.6 Å². The summed E-state index contributed by atoms with van der Waals surface area (Å²) in [7, 11) is 1.77. The van der Waals surface area contributed by atoms with E-state index in [1.54, 1.807) is 13.2 Å². The normalized spacial score (nSPS) is 11.4. The fourth-order valence-electron chi connectivity index (χ4n) is 1.53. The number of aromatic nitrogens is 2. The number of ether oxygens (including phenoxy) is 1. The number of hydrogen-bond acceptors (Lipinski definition) is 4. The van der Waals surface area contributed by atoms with Gasteiger partial charge < -0.3 is 10.1 Å². The smallest absolute Gasteiger partial charge is 0.416 e. The van der Waals surface area contributed by atoms with Gasteiger partial charge in [0.1, 0.15) is 5.75 Å². The van der Waals surface area contributed by atoms with Crippen molar-refractivity contribution in [3.63, 3.8) is 0 Å². The van der Waals surface area contributed by atoms with Crippen LogP contribution < -0.4 is 10.1 Å². The zero-order valence-electron chi connectivity index (χ0n) is 10.6. The van der Waals surface area contributed by atoms with Crippen LogP contribution in [-0.4, -0.2) is 17.0 Å². The number of hydrogen-bond donors (Lipinski definition) is 1. The van der Waals surface area contributed by atoms with Gasteiger partial charge in [0, 0.05) is 12.7 Å². The molecular weight excluding hydrogens is 271 g/mol. The Bertz CT molecular complexity index is 570. The van der Waals surface area contributed by atoms with Gasteiger partial charge in [0.05, 0.1) is 17.5 Å². The van der Waals surface area contributed by atoms with Crippen molar-refractivity contribution in [2.24, 2.45) is 0 Å². The SMILES string of the molecule is CNCc1cncc(Oc2ccc(C(F)(F)F)cc2)n1. The molecule has 0 unspecified atom stereocenters. The maximum atomic E-state index is 12.4. The molecule has 106 valence electrons. The van der Waals surface area contributed by atoms with E-state index in [-0.39, 0.29) is 11.6 Å². The van der Waals surface area contributed by atoms with Crippen LogP contribution in [0.1, 0.15) is 11.3 Å². The Morgan fingerprint density at radius 3 is 2.45 bits per heavy atom. The molecule has 0 saturated heterocycles. The van der Waals surface area contributed by atoms with E-state index >= 15 is 0 Å². The second kappa shape index (κ2) is 5.87. The van der Waals surface area contributed by atoms with Crippen molar-refractivity contribution >= 4 is 0 Å². The van der Waals surface area contributed by atoms with Crippen LogP contribution in [0.3, 0.4) is 0 Å². The molecule has 0 spiro atoms. The quantitative estimate of drug-likeness (QED) is 0.937. The summed E-state index contributed by atoms with van der Waals surface area (Å²) >= 11 is 0. The Kier molecular flexibility index (Phi) is 4.19. The summed E-state index contributed by atoms with van der Waals surface area (Å²) in [4.78, 5) is 8.11. The molecule has 0 amide bonds. The number of nitrogens with zero attached hydrogens (tertiary/aromatic N) is 2. The van der Waals surface area contributed by atoms with Gasteiger partial charge >= 0.3 is 6.18 Å². The predicted octanol–water partition coefficient (Wildman–Crippen LogP) is 3.01. The van der Waals surface area contributed by atoms with E-state index in [1.165, 1.54) is 18.3 Å². The maximum absolute atomic E-state index is 12.4. The van der Waals surface area contributed by atoms with Gasteiger partial charge in [0.15, 0.2) is 0 Å². The zero-order valence-corrected chi connectivity index (χ0v) is 10.6. The van der Waals surface area contributed by atoms with Crippen LogP contribution in [0.15, 0.2) is 36.7 Å². The number of benzene rings is 1. The first-order valence-corrected chi connectivity index (χ1v) is 5.79. The van der Waals surface area contributed by atoms with Crippen LogP contribution in [0, 0.1) is 0 Å². The predicted molar refractivity (Wildman–Crippen MR) is 66.3 cm³/mol. The van der Waals surface area contributed by atoms with E-state index in [9.17, 15) is 13.2 Å². The fourth-order valence-corrected chi connectivity index (χ4v) is 1.53. The van der Waals surface area contributed by atoms with Crippen molar-refractivity contribution in [1.82, 2.24) is 15.3 Å². The minimum atomic E-state index is -4.36. The summed E-state index contributed by atoms with van der Waals surface area (Å²) in [6.07, 6.45) is -1.38. The molecule has 1 aromatic heterocycles. The molecule has 0 radical (unpaired) electrons. The van der Waals surface area contributed by atoms with Gasteiger partial charge in [-0.25, -0.2) is 4.98 Å². The van der Waals surface area contributed by atoms with Gasteiger partial charge in [-0.15, -0.1) is 0 Å². The van der Waals surface area contributed by atoms with Crippen LogP contribution in [0.5, 0.6) is 11.6 Å². The van der Waals surface area contributed by atoms with Crippen LogP contribution in [0.4, 0.5) is 13.2 Å². The largest absolute Gasteiger partial charge is 0.437 e. The minimum Gasteiger partial charge on any atom is -0.437 e. The van der Waals surface area contributed by atoms with E-state index in [2.05, 4.69) is 15.3 Å². The van der Waals surface area contributed by atoms with E-state index < -0.39 is 11.7 Å². The molecule has 0 aliphatic carbocycles. The molecule has 0 atom stereocenters. The number of nitrogens with one attached hydrogen (secondary N) is 1. The molecule has 1 heterocycles. The van der Waals surface area contributed by atoms with Gasteiger partial charge in [-0.05, 0) is 31.3 Å². The molecule has 0 aliphatic heterocycles. The number of halogens is 3. The first kappa shape index (κ1) is 14.3. The third-order valence-corrected chi connectivity index (χ3v) is 2.42. The summed E-state index contributed by atoms with van der Waals surface area (Å²) in [6.45, 7) is 0.525. The van der Waals surface area contributed by atoms with E-state index in [0.29, 0.717) is 12.2 Å². The Balaban J connectivity index is 2.12. The highest BCUT2D eigenvalue weighted by Crippen LogP contribution is 2.31. The highest BCUT2D eigenvalue weighted by Gasteiger charge is 2.30. The monoisotopic (exact) mass is 283 g/mol. The Morgan fingerprint density at radius 2 is 1.85 bits per heavy atom. The molecule has 4 nitrogen and oxygen atoms in total. The van der Waals surface area contributed by atoms with Crippen molar-refractivity contribution < 1.29 is 17.9 Å². The summed E-state index contributed by atoms with van der Waals surface area (Å²) in [5, 5.41) is 2.92. The van der Waals surface area contributed by atoms with E-state index in [4.69, 9.17) is 4.74 Å². The lowest BCUT2D eigenvalue weighted by molar-refractivity contribution is -0.137. The molecule has 1 aromatic carbocycles. The van der Waals surface area contributed by atoms with Gasteiger partial charge in [-0.1, -0.05) is 0 Å². The van der Waals surface area contributed by atoms with E-state index in [1.807, 2.05) is 0 Å². The van der Waals surface area contributed by atoms with Crippen molar-refractivity contribution in [2.75, 3.05) is 7.05 Å². The second-order valence-corrected chi connectivity index (χ2v) is 4.00. The molecule has 0 bridgehead atoms. The molecule has 1 N–H and O–H groups in total. The number of alkyl halides is 3. The lowest BCUT2D eigenvalue weighted by atomic mass is 10.2. The lowest BCUT2D eigenvalue weighted by Crippen LogP contribution is -2.07. The lowest BCUT2D eigenvalue weighted by Gasteiger charge is -2.08. The Hall–Kier alpha value is -2.15. The topological polar surface area (TPSA) is 47.0 Å². The molecule has 20 heavy (non-hydrogen) atoms. The summed E-state index contributed by atoms with van der Waals surface area (Å²) < 4.78 is 42.6. The average molecular weight is 283 g/mol. The molecular formula is C13H12F3N3O. The summed E-state index contributed by atoms with van der Waals surface area (Å²) in [5.41, 5.74) is -0.0446. The van der Waals surface area contributed by atoms with Crippen LogP contribution >= 0.6 is 0 Å². The Morgan fingerprint density at radius 1 is 1.15 bits per heavy atom. The van der Waals surface area contributed by atoms with Crippen molar-refractivity contribution in [3.05, 3.63) is 47.9 Å². The first-order valence-electron chi connectivity index (χ1n) is 5.79. The molecule has 2 rings (SSSR count). The first-order chi connectivity index (χ1) is 9.49. The third-order valence-electron chi connectivity index (χ3n) is 2.42.